The van der Waals surface area contributed by atoms with Gasteiger partial charge in [-0.15, -0.1) is 11.3 Å². The van der Waals surface area contributed by atoms with Crippen molar-refractivity contribution in [3.8, 4) is 5.69 Å². The summed E-state index contributed by atoms with van der Waals surface area (Å²) in [6.07, 6.45) is 0. The summed E-state index contributed by atoms with van der Waals surface area (Å²) in [5, 5.41) is 1.53. The van der Waals surface area contributed by atoms with Crippen molar-refractivity contribution >= 4 is 33.3 Å². The molecule has 0 aliphatic carbocycles. The predicted octanol–water partition coefficient (Wildman–Crippen LogP) is 4.50. The Hall–Kier alpha value is -1.63. The Bertz CT molecular complexity index is 943. The van der Waals surface area contributed by atoms with Crippen LogP contribution >= 0.6 is 23.1 Å². The number of hydrogen-bond acceptors (Lipinski definition) is 5. The van der Waals surface area contributed by atoms with Crippen molar-refractivity contribution in [2.75, 3.05) is 25.4 Å². The van der Waals surface area contributed by atoms with Gasteiger partial charge in [0, 0.05) is 17.2 Å². The molecule has 138 valence electrons. The van der Waals surface area contributed by atoms with E-state index in [-0.39, 0.29) is 5.56 Å². The Balaban J connectivity index is 2.07. The maximum atomic E-state index is 13.3. The summed E-state index contributed by atoms with van der Waals surface area (Å²) in [6.45, 7) is 11.5. The van der Waals surface area contributed by atoms with E-state index >= 15 is 0 Å². The van der Waals surface area contributed by atoms with Crippen LogP contribution in [0.15, 0.2) is 40.3 Å². The Kier molecular flexibility index (Phi) is 6.16. The number of para-hydroxylation sites is 1. The van der Waals surface area contributed by atoms with Crippen molar-refractivity contribution in [1.82, 2.24) is 14.5 Å². The van der Waals surface area contributed by atoms with Gasteiger partial charge in [0.2, 0.25) is 0 Å². The van der Waals surface area contributed by atoms with E-state index < -0.39 is 0 Å². The molecule has 1 aromatic carbocycles. The standard InChI is InChI=1S/C20H25N3OS2/c1-5-22(6-2)12-13-25-20-21-18-17(14(3)15(4)26-18)19(24)23(20)16-10-8-7-9-11-16/h7-11H,5-6,12-13H2,1-4H3. The molecule has 0 N–H and O–H groups in total. The third-order valence-electron chi connectivity index (χ3n) is 4.72. The van der Waals surface area contributed by atoms with Crippen LogP contribution in [-0.4, -0.2) is 39.8 Å². The molecule has 0 unspecified atom stereocenters. The van der Waals surface area contributed by atoms with Crippen molar-refractivity contribution in [2.45, 2.75) is 32.9 Å². The van der Waals surface area contributed by atoms with Gasteiger partial charge < -0.3 is 4.90 Å². The highest BCUT2D eigenvalue weighted by molar-refractivity contribution is 7.99. The Morgan fingerprint density at radius 3 is 2.50 bits per heavy atom. The van der Waals surface area contributed by atoms with Crippen LogP contribution in [0.25, 0.3) is 15.9 Å². The molecule has 6 heteroatoms. The third kappa shape index (κ3) is 3.72. The van der Waals surface area contributed by atoms with Crippen LogP contribution in [-0.2, 0) is 0 Å². The predicted molar refractivity (Wildman–Crippen MR) is 113 cm³/mol. The van der Waals surface area contributed by atoms with E-state index in [1.807, 2.05) is 37.3 Å². The minimum absolute atomic E-state index is 0.0355. The Morgan fingerprint density at radius 1 is 1.15 bits per heavy atom. The van der Waals surface area contributed by atoms with Gasteiger partial charge in [-0.2, -0.15) is 0 Å². The first kappa shape index (κ1) is 19.1. The smallest absolute Gasteiger partial charge is 0.267 e. The molecule has 3 aromatic rings. The lowest BCUT2D eigenvalue weighted by atomic mass is 10.2. The van der Waals surface area contributed by atoms with Crippen molar-refractivity contribution in [2.24, 2.45) is 0 Å². The van der Waals surface area contributed by atoms with E-state index in [2.05, 4.69) is 25.7 Å². The number of fused-ring (bicyclic) bond motifs is 1. The van der Waals surface area contributed by atoms with Crippen LogP contribution in [0.2, 0.25) is 0 Å². The lowest BCUT2D eigenvalue weighted by Gasteiger charge is -2.18. The van der Waals surface area contributed by atoms with Gasteiger partial charge in [0.05, 0.1) is 11.1 Å². The summed E-state index contributed by atoms with van der Waals surface area (Å²) in [4.78, 5) is 22.6. The number of aryl methyl sites for hydroxylation is 2. The van der Waals surface area contributed by atoms with Gasteiger partial charge >= 0.3 is 0 Å². The van der Waals surface area contributed by atoms with Gasteiger partial charge in [0.25, 0.3) is 5.56 Å². The maximum Gasteiger partial charge on any atom is 0.267 e. The number of hydrogen-bond donors (Lipinski definition) is 0. The molecular formula is C20H25N3OS2. The number of aromatic nitrogens is 2. The molecule has 0 fully saturated rings. The fourth-order valence-corrected chi connectivity index (χ4v) is 5.07. The van der Waals surface area contributed by atoms with Gasteiger partial charge in [-0.3, -0.25) is 9.36 Å². The van der Waals surface area contributed by atoms with Crippen molar-refractivity contribution < 1.29 is 0 Å². The van der Waals surface area contributed by atoms with Crippen molar-refractivity contribution in [3.05, 3.63) is 51.1 Å². The average molecular weight is 388 g/mol. The first-order valence-electron chi connectivity index (χ1n) is 9.00. The van der Waals surface area contributed by atoms with Crippen LogP contribution < -0.4 is 5.56 Å². The van der Waals surface area contributed by atoms with Gasteiger partial charge in [-0.1, -0.05) is 43.8 Å². The second kappa shape index (κ2) is 8.37. The second-order valence-corrected chi connectivity index (χ2v) is 8.47. The van der Waals surface area contributed by atoms with Crippen LogP contribution in [0.5, 0.6) is 0 Å². The first-order chi connectivity index (χ1) is 12.6. The van der Waals surface area contributed by atoms with E-state index in [9.17, 15) is 4.79 Å². The zero-order valence-corrected chi connectivity index (χ0v) is 17.4. The Labute approximate surface area is 162 Å². The summed E-state index contributed by atoms with van der Waals surface area (Å²) in [5.41, 5.74) is 1.96. The molecule has 0 radical (unpaired) electrons. The van der Waals surface area contributed by atoms with Gasteiger partial charge in [0.1, 0.15) is 4.83 Å². The molecule has 3 rings (SSSR count). The molecule has 4 nitrogen and oxygen atoms in total. The van der Waals surface area contributed by atoms with Crippen LogP contribution in [0, 0.1) is 13.8 Å². The lowest BCUT2D eigenvalue weighted by molar-refractivity contribution is 0.324. The molecule has 0 spiro atoms. The summed E-state index contributed by atoms with van der Waals surface area (Å²) in [6, 6.07) is 9.83. The van der Waals surface area contributed by atoms with E-state index in [1.165, 1.54) is 0 Å². The minimum atomic E-state index is 0.0355. The van der Waals surface area contributed by atoms with Crippen LogP contribution in [0.4, 0.5) is 0 Å². The fourth-order valence-electron chi connectivity index (χ4n) is 2.98. The quantitative estimate of drug-likeness (QED) is 0.442. The van der Waals surface area contributed by atoms with Gasteiger partial charge in [-0.05, 0) is 44.6 Å². The minimum Gasteiger partial charge on any atom is -0.303 e. The lowest BCUT2D eigenvalue weighted by Crippen LogP contribution is -2.26. The molecule has 2 aromatic heterocycles. The second-order valence-electron chi connectivity index (χ2n) is 6.21. The highest BCUT2D eigenvalue weighted by Gasteiger charge is 2.18. The summed E-state index contributed by atoms with van der Waals surface area (Å²) in [7, 11) is 0. The number of nitrogens with zero attached hydrogens (tertiary/aromatic N) is 3. The molecule has 0 atom stereocenters. The Morgan fingerprint density at radius 2 is 1.85 bits per heavy atom. The average Bonchev–Trinajstić information content (AvgIpc) is 2.94. The van der Waals surface area contributed by atoms with Crippen LogP contribution in [0.1, 0.15) is 24.3 Å². The molecule has 0 aliphatic rings. The van der Waals surface area contributed by atoms with E-state index in [4.69, 9.17) is 4.98 Å². The zero-order valence-electron chi connectivity index (χ0n) is 15.8. The summed E-state index contributed by atoms with van der Waals surface area (Å²) < 4.78 is 1.77. The molecule has 0 aliphatic heterocycles. The summed E-state index contributed by atoms with van der Waals surface area (Å²) in [5.74, 6) is 0.912. The molecule has 2 heterocycles. The maximum absolute atomic E-state index is 13.3. The molecule has 0 amide bonds. The number of thiophene rings is 1. The van der Waals surface area contributed by atoms with Gasteiger partial charge in [0.15, 0.2) is 5.16 Å². The SMILES string of the molecule is CCN(CC)CCSc1nc2sc(C)c(C)c2c(=O)n1-c1ccccc1. The largest absolute Gasteiger partial charge is 0.303 e. The summed E-state index contributed by atoms with van der Waals surface area (Å²) >= 11 is 3.27. The van der Waals surface area contributed by atoms with E-state index in [0.29, 0.717) is 0 Å². The monoisotopic (exact) mass is 387 g/mol. The van der Waals surface area contributed by atoms with Gasteiger partial charge in [-0.25, -0.2) is 4.98 Å². The number of rotatable bonds is 7. The topological polar surface area (TPSA) is 38.1 Å². The zero-order chi connectivity index (χ0) is 18.7. The number of thioether (sulfide) groups is 1. The van der Waals surface area contributed by atoms with E-state index in [1.54, 1.807) is 27.7 Å². The molecule has 0 bridgehead atoms. The first-order valence-corrected chi connectivity index (χ1v) is 10.8. The molecule has 0 saturated carbocycles. The number of benzene rings is 1. The highest BCUT2D eigenvalue weighted by atomic mass is 32.2. The molecule has 0 saturated heterocycles. The van der Waals surface area contributed by atoms with E-state index in [0.717, 1.165) is 56.9 Å². The fraction of sp³-hybridized carbons (Fsp3) is 0.400. The van der Waals surface area contributed by atoms with Crippen molar-refractivity contribution in [3.63, 3.8) is 0 Å². The highest BCUT2D eigenvalue weighted by Crippen LogP contribution is 2.29. The molecule has 26 heavy (non-hydrogen) atoms. The third-order valence-corrected chi connectivity index (χ3v) is 6.74. The molecular weight excluding hydrogens is 362 g/mol. The normalized spacial score (nSPS) is 11.6. The van der Waals surface area contributed by atoms with Crippen LogP contribution in [0.3, 0.4) is 0 Å². The van der Waals surface area contributed by atoms with Crippen molar-refractivity contribution in [1.29, 1.82) is 0 Å².